The Morgan fingerprint density at radius 3 is 2.57 bits per heavy atom. The Morgan fingerprint density at radius 2 is 2.00 bits per heavy atom. The maximum Gasteiger partial charge on any atom is 0.111 e. The fraction of sp³-hybridized carbons (Fsp3) is 0.471. The summed E-state index contributed by atoms with van der Waals surface area (Å²) in [6.45, 7) is 7.83. The van der Waals surface area contributed by atoms with Crippen molar-refractivity contribution in [2.75, 3.05) is 13.2 Å². The second-order valence-electron chi connectivity index (χ2n) is 5.70. The van der Waals surface area contributed by atoms with Crippen LogP contribution in [0.4, 0.5) is 0 Å². The number of aliphatic hydroxyl groups excluding tert-OH is 1. The highest BCUT2D eigenvalue weighted by atomic mass is 16.3. The number of hydrogen-bond acceptors (Lipinski definition) is 3. The third-order valence-electron chi connectivity index (χ3n) is 3.82. The van der Waals surface area contributed by atoms with E-state index in [1.165, 1.54) is 0 Å². The molecule has 0 aliphatic carbocycles. The number of aromatic nitrogens is 2. The molecule has 21 heavy (non-hydrogen) atoms. The van der Waals surface area contributed by atoms with E-state index in [0.717, 1.165) is 17.9 Å². The lowest BCUT2D eigenvalue weighted by Gasteiger charge is -2.34. The molecule has 0 spiro atoms. The minimum atomic E-state index is -0.486. The third kappa shape index (κ3) is 3.34. The number of hydrogen-bond donors (Lipinski definition) is 2. The summed E-state index contributed by atoms with van der Waals surface area (Å²) in [6, 6.07) is 10.1. The maximum atomic E-state index is 10.1. The van der Waals surface area contributed by atoms with Crippen LogP contribution in [0.25, 0.3) is 0 Å². The van der Waals surface area contributed by atoms with Crippen LogP contribution in [0.1, 0.15) is 38.1 Å². The highest BCUT2D eigenvalue weighted by Crippen LogP contribution is 2.25. The van der Waals surface area contributed by atoms with E-state index in [0.29, 0.717) is 12.5 Å². The van der Waals surface area contributed by atoms with Gasteiger partial charge in [-0.1, -0.05) is 51.1 Å². The summed E-state index contributed by atoms with van der Waals surface area (Å²) in [5, 5.41) is 13.6. The van der Waals surface area contributed by atoms with Crippen molar-refractivity contribution in [1.82, 2.24) is 14.9 Å². The molecule has 0 fully saturated rings. The molecule has 2 aromatic rings. The van der Waals surface area contributed by atoms with Crippen molar-refractivity contribution in [1.29, 1.82) is 0 Å². The van der Waals surface area contributed by atoms with Crippen LogP contribution in [0.5, 0.6) is 0 Å². The largest absolute Gasteiger partial charge is 0.394 e. The molecule has 1 heterocycles. The Balaban J connectivity index is 2.39. The first-order valence-electron chi connectivity index (χ1n) is 7.55. The van der Waals surface area contributed by atoms with Gasteiger partial charge in [0, 0.05) is 24.9 Å². The van der Waals surface area contributed by atoms with Crippen LogP contribution < -0.4 is 5.32 Å². The van der Waals surface area contributed by atoms with E-state index in [1.807, 2.05) is 30.6 Å². The van der Waals surface area contributed by atoms with Gasteiger partial charge in [-0.3, -0.25) is 0 Å². The van der Waals surface area contributed by atoms with Gasteiger partial charge in [-0.2, -0.15) is 0 Å². The van der Waals surface area contributed by atoms with Gasteiger partial charge in [-0.05, 0) is 12.1 Å². The van der Waals surface area contributed by atoms with E-state index in [1.54, 1.807) is 0 Å². The molecule has 1 atom stereocenters. The van der Waals surface area contributed by atoms with Gasteiger partial charge in [0.15, 0.2) is 0 Å². The Labute approximate surface area is 126 Å². The molecule has 0 aliphatic rings. The molecule has 0 radical (unpaired) electrons. The van der Waals surface area contributed by atoms with E-state index in [-0.39, 0.29) is 6.61 Å². The molecule has 4 heteroatoms. The monoisotopic (exact) mass is 287 g/mol. The first kappa shape index (κ1) is 15.7. The zero-order valence-corrected chi connectivity index (χ0v) is 13.1. The topological polar surface area (TPSA) is 50.1 Å². The average Bonchev–Trinajstić information content (AvgIpc) is 2.96. The molecule has 1 aromatic heterocycles. The smallest absolute Gasteiger partial charge is 0.111 e. The van der Waals surface area contributed by atoms with Gasteiger partial charge in [0.2, 0.25) is 0 Å². The summed E-state index contributed by atoms with van der Waals surface area (Å²) in [4.78, 5) is 4.44. The molecule has 1 aromatic carbocycles. The third-order valence-corrected chi connectivity index (χ3v) is 3.82. The molecule has 0 saturated carbocycles. The van der Waals surface area contributed by atoms with Crippen molar-refractivity contribution in [2.45, 2.75) is 38.8 Å². The van der Waals surface area contributed by atoms with Crippen molar-refractivity contribution in [3.05, 3.63) is 54.1 Å². The van der Waals surface area contributed by atoms with Crippen molar-refractivity contribution in [2.24, 2.45) is 0 Å². The molecule has 2 rings (SSSR count). The summed E-state index contributed by atoms with van der Waals surface area (Å²) in [6.07, 6.45) is 3.81. The average molecular weight is 287 g/mol. The number of nitrogens with one attached hydrogen (secondary N) is 1. The first-order chi connectivity index (χ1) is 10.1. The quantitative estimate of drug-likeness (QED) is 0.822. The Morgan fingerprint density at radius 1 is 1.29 bits per heavy atom. The fourth-order valence-corrected chi connectivity index (χ4v) is 2.79. The lowest BCUT2D eigenvalue weighted by atomic mass is 9.90. The SMILES string of the molecule is CCNC(CO)(Cn1ccnc1C(C)C)c1ccccc1. The van der Waals surface area contributed by atoms with E-state index in [9.17, 15) is 5.11 Å². The predicted octanol–water partition coefficient (Wildman–Crippen LogP) is 2.50. The fourth-order valence-electron chi connectivity index (χ4n) is 2.79. The molecule has 0 amide bonds. The zero-order valence-electron chi connectivity index (χ0n) is 13.1. The molecule has 1 unspecified atom stereocenters. The summed E-state index contributed by atoms with van der Waals surface area (Å²) >= 11 is 0. The van der Waals surface area contributed by atoms with E-state index < -0.39 is 5.54 Å². The van der Waals surface area contributed by atoms with Crippen molar-refractivity contribution in [3.8, 4) is 0 Å². The standard InChI is InChI=1S/C17H25N3O/c1-4-19-17(13-21,15-8-6-5-7-9-15)12-20-11-10-18-16(20)14(2)3/h5-11,14,19,21H,4,12-13H2,1-3H3. The molecule has 0 bridgehead atoms. The second-order valence-corrected chi connectivity index (χ2v) is 5.70. The van der Waals surface area contributed by atoms with Crippen molar-refractivity contribution in [3.63, 3.8) is 0 Å². The maximum absolute atomic E-state index is 10.1. The van der Waals surface area contributed by atoms with Crippen LogP contribution in [-0.4, -0.2) is 27.8 Å². The van der Waals surface area contributed by atoms with E-state index >= 15 is 0 Å². The second kappa shape index (κ2) is 6.87. The first-order valence-corrected chi connectivity index (χ1v) is 7.55. The van der Waals surface area contributed by atoms with Gasteiger partial charge >= 0.3 is 0 Å². The van der Waals surface area contributed by atoms with Gasteiger partial charge < -0.3 is 15.0 Å². The number of likely N-dealkylation sites (N-methyl/N-ethyl adjacent to an activating group) is 1. The lowest BCUT2D eigenvalue weighted by molar-refractivity contribution is 0.142. The predicted molar refractivity (Wildman–Crippen MR) is 85.2 cm³/mol. The van der Waals surface area contributed by atoms with Gasteiger partial charge in [-0.25, -0.2) is 4.98 Å². The van der Waals surface area contributed by atoms with Crippen LogP contribution in [0, 0.1) is 0 Å². The van der Waals surface area contributed by atoms with Crippen LogP contribution in [-0.2, 0) is 12.1 Å². The molecular formula is C17H25N3O. The van der Waals surface area contributed by atoms with Gasteiger partial charge in [0.25, 0.3) is 0 Å². The molecule has 4 nitrogen and oxygen atoms in total. The summed E-state index contributed by atoms with van der Waals surface area (Å²) in [5.74, 6) is 1.40. The minimum absolute atomic E-state index is 0.0422. The molecule has 114 valence electrons. The zero-order chi connectivity index (χ0) is 15.3. The normalized spacial score (nSPS) is 14.3. The number of nitrogens with zero attached hydrogens (tertiary/aromatic N) is 2. The summed E-state index contributed by atoms with van der Waals surface area (Å²) < 4.78 is 2.14. The van der Waals surface area contributed by atoms with Crippen LogP contribution in [0.2, 0.25) is 0 Å². The van der Waals surface area contributed by atoms with Crippen molar-refractivity contribution >= 4 is 0 Å². The Hall–Kier alpha value is -1.65. The highest BCUT2D eigenvalue weighted by molar-refractivity contribution is 5.25. The van der Waals surface area contributed by atoms with Crippen LogP contribution in [0.3, 0.4) is 0 Å². The number of aliphatic hydroxyl groups is 1. The molecular weight excluding hydrogens is 262 g/mol. The summed E-state index contributed by atoms with van der Waals surface area (Å²) in [5.41, 5.74) is 0.609. The number of imidazole rings is 1. The van der Waals surface area contributed by atoms with Crippen molar-refractivity contribution < 1.29 is 5.11 Å². The van der Waals surface area contributed by atoms with Gasteiger partial charge in [-0.15, -0.1) is 0 Å². The molecule has 0 aliphatic heterocycles. The van der Waals surface area contributed by atoms with Gasteiger partial charge in [0.1, 0.15) is 5.82 Å². The van der Waals surface area contributed by atoms with E-state index in [2.05, 4.69) is 47.8 Å². The molecule has 0 saturated heterocycles. The summed E-state index contributed by atoms with van der Waals surface area (Å²) in [7, 11) is 0. The van der Waals surface area contributed by atoms with Crippen LogP contribution >= 0.6 is 0 Å². The lowest BCUT2D eigenvalue weighted by Crippen LogP contribution is -2.49. The Kier molecular flexibility index (Phi) is 5.15. The number of benzene rings is 1. The van der Waals surface area contributed by atoms with Crippen LogP contribution in [0.15, 0.2) is 42.7 Å². The number of rotatable bonds is 7. The Bertz CT molecular complexity index is 550. The van der Waals surface area contributed by atoms with Gasteiger partial charge in [0.05, 0.1) is 12.1 Å². The minimum Gasteiger partial charge on any atom is -0.394 e. The highest BCUT2D eigenvalue weighted by Gasteiger charge is 2.31. The van der Waals surface area contributed by atoms with E-state index in [4.69, 9.17) is 0 Å². The molecule has 2 N–H and O–H groups in total.